The monoisotopic (exact) mass is 404 g/mol. The van der Waals surface area contributed by atoms with Crippen molar-refractivity contribution in [1.82, 2.24) is 29.9 Å². The quantitative estimate of drug-likeness (QED) is 0.522. The molecule has 0 aliphatic rings. The third-order valence-corrected chi connectivity index (χ3v) is 4.77. The molecule has 2 aromatic carbocycles. The number of fused-ring (bicyclic) bond motifs is 1. The predicted molar refractivity (Wildman–Crippen MR) is 110 cm³/mol. The van der Waals surface area contributed by atoms with Crippen LogP contribution in [0.2, 0.25) is 0 Å². The van der Waals surface area contributed by atoms with Gasteiger partial charge >= 0.3 is 0 Å². The highest BCUT2D eigenvalue weighted by atomic mass is 16.5. The van der Waals surface area contributed by atoms with E-state index in [1.54, 1.807) is 43.8 Å². The normalized spacial score (nSPS) is 11.9. The molecule has 4 aromatic rings. The summed E-state index contributed by atoms with van der Waals surface area (Å²) in [5, 5.41) is 11.3. The molecule has 0 saturated heterocycles. The molecule has 4 rings (SSSR count). The number of nitrogens with one attached hydrogen (secondary N) is 1. The van der Waals surface area contributed by atoms with Crippen molar-refractivity contribution >= 4 is 16.8 Å². The Morgan fingerprint density at radius 1 is 1.20 bits per heavy atom. The number of amides is 1. The number of methoxy groups -OCH3 is 1. The minimum absolute atomic E-state index is 0.262. The van der Waals surface area contributed by atoms with E-state index >= 15 is 0 Å². The summed E-state index contributed by atoms with van der Waals surface area (Å²) < 4.78 is 8.19. The number of aryl methyl sites for hydroxylation is 1. The molecule has 0 bridgehead atoms. The third-order valence-electron chi connectivity index (χ3n) is 4.77. The molecule has 1 N–H and O–H groups in total. The molecule has 1 atom stereocenters. The van der Waals surface area contributed by atoms with Crippen molar-refractivity contribution in [3.63, 3.8) is 0 Å². The van der Waals surface area contributed by atoms with E-state index in [1.807, 2.05) is 35.9 Å². The van der Waals surface area contributed by atoms with E-state index in [4.69, 9.17) is 4.74 Å². The smallest absolute Gasteiger partial charge is 0.278 e. The zero-order valence-corrected chi connectivity index (χ0v) is 16.5. The maximum atomic E-state index is 12.8. The van der Waals surface area contributed by atoms with Crippen molar-refractivity contribution in [2.24, 2.45) is 7.05 Å². The first kappa shape index (κ1) is 19.3. The summed E-state index contributed by atoms with van der Waals surface area (Å²) in [5.41, 5.74) is 0.918. The van der Waals surface area contributed by atoms with Gasteiger partial charge in [-0.2, -0.15) is 0 Å². The van der Waals surface area contributed by atoms with Crippen LogP contribution in [0.1, 0.15) is 17.4 Å². The van der Waals surface area contributed by atoms with Crippen LogP contribution in [0.4, 0.5) is 0 Å². The Hall–Kier alpha value is -4.01. The van der Waals surface area contributed by atoms with Gasteiger partial charge in [-0.15, -0.1) is 5.10 Å². The standard InChI is InChI=1S/C21H20N6O3/c1-26-11-10-22-20(26)19(14-6-5-7-15(12-14)30-2)23-18(28)13-27-21(29)16-8-3-4-9-17(16)24-25-27/h3-12,19H,13H2,1-2H3,(H,23,28). The fraction of sp³-hybridized carbons (Fsp3) is 0.190. The lowest BCUT2D eigenvalue weighted by molar-refractivity contribution is -0.122. The molecule has 1 amide bonds. The number of ether oxygens (including phenoxy) is 1. The van der Waals surface area contributed by atoms with Crippen molar-refractivity contribution in [1.29, 1.82) is 0 Å². The van der Waals surface area contributed by atoms with Crippen LogP contribution in [0.3, 0.4) is 0 Å². The molecule has 0 saturated carbocycles. The van der Waals surface area contributed by atoms with Gasteiger partial charge in [0.1, 0.15) is 29.7 Å². The lowest BCUT2D eigenvalue weighted by Crippen LogP contribution is -2.37. The van der Waals surface area contributed by atoms with E-state index in [2.05, 4.69) is 20.6 Å². The maximum absolute atomic E-state index is 12.8. The Morgan fingerprint density at radius 2 is 2.03 bits per heavy atom. The number of hydrogen-bond donors (Lipinski definition) is 1. The average Bonchev–Trinajstić information content (AvgIpc) is 3.20. The Balaban J connectivity index is 1.63. The number of carbonyl (C=O) groups is 1. The lowest BCUT2D eigenvalue weighted by atomic mass is 10.1. The van der Waals surface area contributed by atoms with Gasteiger partial charge < -0.3 is 14.6 Å². The van der Waals surface area contributed by atoms with Crippen molar-refractivity contribution < 1.29 is 9.53 Å². The fourth-order valence-corrected chi connectivity index (χ4v) is 3.24. The van der Waals surface area contributed by atoms with Gasteiger partial charge in [0.15, 0.2) is 0 Å². The predicted octanol–water partition coefficient (Wildman–Crippen LogP) is 1.44. The highest BCUT2D eigenvalue weighted by molar-refractivity contribution is 5.78. The molecule has 9 nitrogen and oxygen atoms in total. The molecule has 2 heterocycles. The van der Waals surface area contributed by atoms with E-state index in [-0.39, 0.29) is 12.1 Å². The van der Waals surface area contributed by atoms with Crippen molar-refractivity contribution in [2.45, 2.75) is 12.6 Å². The summed E-state index contributed by atoms with van der Waals surface area (Å²) in [6, 6.07) is 13.7. The van der Waals surface area contributed by atoms with Crippen molar-refractivity contribution in [3.8, 4) is 5.75 Å². The number of imidazole rings is 1. The minimum Gasteiger partial charge on any atom is -0.497 e. The summed E-state index contributed by atoms with van der Waals surface area (Å²) >= 11 is 0. The number of rotatable bonds is 6. The zero-order chi connectivity index (χ0) is 21.1. The second kappa shape index (κ2) is 8.16. The molecule has 0 radical (unpaired) electrons. The largest absolute Gasteiger partial charge is 0.497 e. The molecule has 0 spiro atoms. The number of aromatic nitrogens is 5. The fourth-order valence-electron chi connectivity index (χ4n) is 3.24. The zero-order valence-electron chi connectivity index (χ0n) is 16.5. The van der Waals surface area contributed by atoms with Gasteiger partial charge in [0.2, 0.25) is 5.91 Å². The molecule has 30 heavy (non-hydrogen) atoms. The first-order valence-corrected chi connectivity index (χ1v) is 9.30. The van der Waals surface area contributed by atoms with E-state index in [1.165, 1.54) is 0 Å². The number of nitrogens with zero attached hydrogens (tertiary/aromatic N) is 5. The Morgan fingerprint density at radius 3 is 2.80 bits per heavy atom. The Kier molecular flexibility index (Phi) is 5.25. The molecule has 0 aliphatic heterocycles. The van der Waals surface area contributed by atoms with Crippen LogP contribution in [-0.2, 0) is 18.4 Å². The summed E-state index contributed by atoms with van der Waals surface area (Å²) in [5.74, 6) is 0.920. The van der Waals surface area contributed by atoms with E-state index < -0.39 is 11.9 Å². The molecule has 2 aromatic heterocycles. The van der Waals surface area contributed by atoms with Gasteiger partial charge in [-0.1, -0.05) is 29.5 Å². The van der Waals surface area contributed by atoms with Gasteiger partial charge in [0.25, 0.3) is 5.56 Å². The second-order valence-electron chi connectivity index (χ2n) is 6.74. The van der Waals surface area contributed by atoms with Crippen LogP contribution in [-0.4, -0.2) is 37.6 Å². The van der Waals surface area contributed by atoms with Gasteiger partial charge in [-0.3, -0.25) is 9.59 Å². The molecular weight excluding hydrogens is 384 g/mol. The Bertz CT molecular complexity index is 1260. The van der Waals surface area contributed by atoms with Crippen LogP contribution in [0.5, 0.6) is 5.75 Å². The van der Waals surface area contributed by atoms with Gasteiger partial charge in [-0.05, 0) is 29.8 Å². The van der Waals surface area contributed by atoms with Crippen LogP contribution >= 0.6 is 0 Å². The van der Waals surface area contributed by atoms with Crippen molar-refractivity contribution in [2.75, 3.05) is 7.11 Å². The van der Waals surface area contributed by atoms with Crippen molar-refractivity contribution in [3.05, 3.63) is 82.7 Å². The van der Waals surface area contributed by atoms with E-state index in [0.29, 0.717) is 22.5 Å². The first-order valence-electron chi connectivity index (χ1n) is 9.30. The molecule has 1 unspecified atom stereocenters. The second-order valence-corrected chi connectivity index (χ2v) is 6.74. The number of benzene rings is 2. The number of hydrogen-bond acceptors (Lipinski definition) is 6. The topological polar surface area (TPSA) is 104 Å². The summed E-state index contributed by atoms with van der Waals surface area (Å²) in [7, 11) is 3.43. The van der Waals surface area contributed by atoms with Crippen LogP contribution < -0.4 is 15.6 Å². The summed E-state index contributed by atoms with van der Waals surface area (Å²) in [4.78, 5) is 29.8. The van der Waals surface area contributed by atoms with Gasteiger partial charge in [0.05, 0.1) is 12.5 Å². The average molecular weight is 404 g/mol. The van der Waals surface area contributed by atoms with Crippen LogP contribution in [0.25, 0.3) is 10.9 Å². The maximum Gasteiger partial charge on any atom is 0.278 e. The molecule has 0 fully saturated rings. The van der Waals surface area contributed by atoms with E-state index in [0.717, 1.165) is 10.2 Å². The molecule has 9 heteroatoms. The lowest BCUT2D eigenvalue weighted by Gasteiger charge is -2.20. The molecular formula is C21H20N6O3. The SMILES string of the molecule is COc1cccc(C(NC(=O)Cn2nnc3ccccc3c2=O)c2nccn2C)c1. The highest BCUT2D eigenvalue weighted by Gasteiger charge is 2.22. The molecule has 152 valence electrons. The Labute approximate surface area is 171 Å². The molecule has 0 aliphatic carbocycles. The summed E-state index contributed by atoms with van der Waals surface area (Å²) in [6.07, 6.45) is 3.46. The number of carbonyl (C=O) groups excluding carboxylic acids is 1. The van der Waals surface area contributed by atoms with Gasteiger partial charge in [-0.25, -0.2) is 9.67 Å². The minimum atomic E-state index is -0.531. The highest BCUT2D eigenvalue weighted by Crippen LogP contribution is 2.24. The van der Waals surface area contributed by atoms with Crippen LogP contribution in [0, 0.1) is 0 Å². The third kappa shape index (κ3) is 3.77. The first-order chi connectivity index (χ1) is 14.6. The van der Waals surface area contributed by atoms with Crippen LogP contribution in [0.15, 0.2) is 65.7 Å². The summed E-state index contributed by atoms with van der Waals surface area (Å²) in [6.45, 7) is -0.262. The van der Waals surface area contributed by atoms with E-state index in [9.17, 15) is 9.59 Å². The van der Waals surface area contributed by atoms with Gasteiger partial charge in [0, 0.05) is 19.4 Å².